The maximum Gasteiger partial charge on any atom is 0.181 e. The Kier molecular flexibility index (Phi) is 5.21. The van der Waals surface area contributed by atoms with Crippen LogP contribution in [-0.4, -0.2) is 37.2 Å². The molecular weight excluding hydrogens is 410 g/mol. The maximum atomic E-state index is 11.6. The van der Waals surface area contributed by atoms with Crippen LogP contribution < -0.4 is 10.1 Å². The van der Waals surface area contributed by atoms with Crippen molar-refractivity contribution in [3.8, 4) is 28.5 Å². The number of pyridine rings is 1. The van der Waals surface area contributed by atoms with E-state index in [-0.39, 0.29) is 0 Å². The zero-order valence-electron chi connectivity index (χ0n) is 17.0. The zero-order valence-corrected chi connectivity index (χ0v) is 17.8. The predicted molar refractivity (Wildman–Crippen MR) is 120 cm³/mol. The number of ether oxygens (including phenoxy) is 1. The predicted octanol–water partition coefficient (Wildman–Crippen LogP) is 3.82. The first-order valence-electron chi connectivity index (χ1n) is 9.97. The fourth-order valence-corrected chi connectivity index (χ4v) is 4.10. The van der Waals surface area contributed by atoms with E-state index in [0.717, 1.165) is 40.6 Å². The fraction of sp³-hybridized carbons (Fsp3) is 0.174. The van der Waals surface area contributed by atoms with Crippen LogP contribution in [0.2, 0.25) is 0 Å². The van der Waals surface area contributed by atoms with Crippen molar-refractivity contribution in [3.05, 3.63) is 71.9 Å². The highest BCUT2D eigenvalue weighted by atomic mass is 32.2. The molecule has 4 aromatic rings. The van der Waals surface area contributed by atoms with E-state index in [1.807, 2.05) is 42.5 Å². The van der Waals surface area contributed by atoms with Crippen LogP contribution in [0.3, 0.4) is 0 Å². The van der Waals surface area contributed by atoms with Crippen molar-refractivity contribution in [1.82, 2.24) is 20.2 Å². The first kappa shape index (κ1) is 19.4. The SMILES string of the molecule is CS(=O)c1ccc(-c2n[nH]c(-c3cccnc3NCc3ccc4c(c3)CCO4)n2)cc1. The molecule has 2 N–H and O–H groups in total. The summed E-state index contributed by atoms with van der Waals surface area (Å²) in [4.78, 5) is 9.92. The highest BCUT2D eigenvalue weighted by molar-refractivity contribution is 7.84. The number of aromatic amines is 1. The molecule has 0 saturated carbocycles. The number of nitrogens with one attached hydrogen (secondary N) is 2. The van der Waals surface area contributed by atoms with Gasteiger partial charge in [-0.3, -0.25) is 9.31 Å². The summed E-state index contributed by atoms with van der Waals surface area (Å²) in [5.41, 5.74) is 4.12. The van der Waals surface area contributed by atoms with Gasteiger partial charge in [0.2, 0.25) is 0 Å². The Labute approximate surface area is 182 Å². The summed E-state index contributed by atoms with van der Waals surface area (Å²) < 4.78 is 17.2. The van der Waals surface area contributed by atoms with E-state index in [9.17, 15) is 4.21 Å². The lowest BCUT2D eigenvalue weighted by atomic mass is 10.1. The molecule has 0 amide bonds. The van der Waals surface area contributed by atoms with Crippen molar-refractivity contribution < 1.29 is 8.95 Å². The Bertz CT molecular complexity index is 1250. The third-order valence-corrected chi connectivity index (χ3v) is 6.14. The third kappa shape index (κ3) is 4.06. The molecule has 2 aromatic heterocycles. The van der Waals surface area contributed by atoms with E-state index >= 15 is 0 Å². The van der Waals surface area contributed by atoms with Gasteiger partial charge in [-0.25, -0.2) is 9.97 Å². The summed E-state index contributed by atoms with van der Waals surface area (Å²) in [5.74, 6) is 2.93. The smallest absolute Gasteiger partial charge is 0.181 e. The first-order chi connectivity index (χ1) is 15.2. The molecule has 7 nitrogen and oxygen atoms in total. The summed E-state index contributed by atoms with van der Waals surface area (Å²) >= 11 is 0. The lowest BCUT2D eigenvalue weighted by Crippen LogP contribution is -2.03. The summed E-state index contributed by atoms with van der Waals surface area (Å²) in [7, 11) is -1.01. The third-order valence-electron chi connectivity index (χ3n) is 5.21. The van der Waals surface area contributed by atoms with Gasteiger partial charge < -0.3 is 10.1 Å². The second-order valence-corrected chi connectivity index (χ2v) is 8.66. The Morgan fingerprint density at radius 2 is 2.03 bits per heavy atom. The van der Waals surface area contributed by atoms with Crippen molar-refractivity contribution in [2.24, 2.45) is 0 Å². The van der Waals surface area contributed by atoms with Crippen LogP contribution in [0.25, 0.3) is 22.8 Å². The number of anilines is 1. The molecule has 0 aliphatic carbocycles. The molecule has 0 saturated heterocycles. The number of rotatable bonds is 6. The molecule has 31 heavy (non-hydrogen) atoms. The van der Waals surface area contributed by atoms with Gasteiger partial charge in [-0.15, -0.1) is 0 Å². The fourth-order valence-electron chi connectivity index (χ4n) is 3.58. The number of nitrogens with zero attached hydrogens (tertiary/aromatic N) is 3. The Balaban J connectivity index is 1.36. The van der Waals surface area contributed by atoms with Gasteiger partial charge in [-0.1, -0.05) is 12.1 Å². The van der Waals surface area contributed by atoms with E-state index in [0.29, 0.717) is 18.2 Å². The molecule has 0 bridgehead atoms. The Morgan fingerprint density at radius 3 is 2.87 bits per heavy atom. The highest BCUT2D eigenvalue weighted by Crippen LogP contribution is 2.28. The second-order valence-electron chi connectivity index (χ2n) is 7.28. The number of hydrogen-bond donors (Lipinski definition) is 2. The molecule has 0 fully saturated rings. The van der Waals surface area contributed by atoms with Crippen molar-refractivity contribution in [2.45, 2.75) is 17.9 Å². The van der Waals surface area contributed by atoms with Crippen LogP contribution in [0.4, 0.5) is 5.82 Å². The van der Waals surface area contributed by atoms with Gasteiger partial charge in [-0.05, 0) is 53.6 Å². The van der Waals surface area contributed by atoms with E-state index < -0.39 is 10.8 Å². The minimum atomic E-state index is -1.01. The molecule has 1 atom stereocenters. The normalized spacial score (nSPS) is 13.5. The van der Waals surface area contributed by atoms with Crippen LogP contribution in [-0.2, 0) is 23.8 Å². The number of benzene rings is 2. The van der Waals surface area contributed by atoms with Gasteiger partial charge in [-0.2, -0.15) is 5.10 Å². The number of fused-ring (bicyclic) bond motifs is 1. The molecule has 1 aliphatic rings. The summed E-state index contributed by atoms with van der Waals surface area (Å²) in [6.45, 7) is 1.40. The standard InChI is InChI=1S/C23H21N5O2S/c1-31(29)18-7-5-16(6-8-18)21-26-23(28-27-21)19-3-2-11-24-22(19)25-14-15-4-9-20-17(13-15)10-12-30-20/h2-9,11,13H,10,12,14H2,1H3,(H,24,25)(H,26,27,28). The van der Waals surface area contributed by atoms with Crippen LogP contribution in [0.5, 0.6) is 5.75 Å². The van der Waals surface area contributed by atoms with Crippen LogP contribution in [0.1, 0.15) is 11.1 Å². The molecule has 8 heteroatoms. The van der Waals surface area contributed by atoms with Gasteiger partial charge in [0.25, 0.3) is 0 Å². The van der Waals surface area contributed by atoms with Crippen LogP contribution in [0, 0.1) is 0 Å². The molecule has 156 valence electrons. The van der Waals surface area contributed by atoms with Crippen molar-refractivity contribution in [1.29, 1.82) is 0 Å². The van der Waals surface area contributed by atoms with Gasteiger partial charge in [0.15, 0.2) is 11.6 Å². The minimum absolute atomic E-state index is 0.580. The van der Waals surface area contributed by atoms with E-state index in [1.54, 1.807) is 12.5 Å². The lowest BCUT2D eigenvalue weighted by Gasteiger charge is -2.10. The second kappa shape index (κ2) is 8.31. The summed E-state index contributed by atoms with van der Waals surface area (Å²) in [5, 5.41) is 10.8. The van der Waals surface area contributed by atoms with E-state index in [2.05, 4.69) is 37.6 Å². The van der Waals surface area contributed by atoms with Crippen LogP contribution >= 0.6 is 0 Å². The van der Waals surface area contributed by atoms with Crippen LogP contribution in [0.15, 0.2) is 65.7 Å². The highest BCUT2D eigenvalue weighted by Gasteiger charge is 2.14. The molecule has 2 aromatic carbocycles. The summed E-state index contributed by atoms with van der Waals surface area (Å²) in [6.07, 6.45) is 4.37. The largest absolute Gasteiger partial charge is 0.493 e. The topological polar surface area (TPSA) is 92.8 Å². The molecule has 5 rings (SSSR count). The maximum absolute atomic E-state index is 11.6. The first-order valence-corrected chi connectivity index (χ1v) is 11.5. The molecule has 3 heterocycles. The van der Waals surface area contributed by atoms with Crippen molar-refractivity contribution >= 4 is 16.6 Å². The zero-order chi connectivity index (χ0) is 21.2. The monoisotopic (exact) mass is 431 g/mol. The van der Waals surface area contributed by atoms with E-state index in [1.165, 1.54) is 11.1 Å². The Morgan fingerprint density at radius 1 is 1.16 bits per heavy atom. The molecule has 0 spiro atoms. The van der Waals surface area contributed by atoms with Gasteiger partial charge in [0, 0.05) is 46.7 Å². The average Bonchev–Trinajstić information content (AvgIpc) is 3.47. The van der Waals surface area contributed by atoms with Crippen molar-refractivity contribution in [2.75, 3.05) is 18.2 Å². The van der Waals surface area contributed by atoms with Crippen molar-refractivity contribution in [3.63, 3.8) is 0 Å². The van der Waals surface area contributed by atoms with Gasteiger partial charge in [0.1, 0.15) is 11.6 Å². The lowest BCUT2D eigenvalue weighted by molar-refractivity contribution is 0.357. The van der Waals surface area contributed by atoms with Gasteiger partial charge in [0.05, 0.1) is 12.2 Å². The quantitative estimate of drug-likeness (QED) is 0.482. The molecule has 1 unspecified atom stereocenters. The minimum Gasteiger partial charge on any atom is -0.493 e. The number of aromatic nitrogens is 4. The molecule has 0 radical (unpaired) electrons. The average molecular weight is 432 g/mol. The van der Waals surface area contributed by atoms with E-state index in [4.69, 9.17) is 4.74 Å². The molecular formula is C23H21N5O2S. The number of hydrogen-bond acceptors (Lipinski definition) is 6. The number of H-pyrrole nitrogens is 1. The van der Waals surface area contributed by atoms with Gasteiger partial charge >= 0.3 is 0 Å². The Hall–Kier alpha value is -3.52. The molecule has 1 aliphatic heterocycles. The summed E-state index contributed by atoms with van der Waals surface area (Å²) in [6, 6.07) is 17.5.